The van der Waals surface area contributed by atoms with Crippen molar-refractivity contribution in [3.05, 3.63) is 77.9 Å². The standard InChI is InChI=1S/C23H25N5O4/c1-15(16-5-7-18(8-6-16)28-12-3-11-25-28)26-22(31)20(29)21(30)23(32)27-13-9-17-4-2-10-24-19(17)14-27/h2-8,10-12,15,20-21,29-30H,9,13-14H2,1H3,(H,26,31)/t15-,20-,21-/m1/s1. The van der Waals surface area contributed by atoms with Crippen molar-refractivity contribution >= 4 is 11.8 Å². The highest BCUT2D eigenvalue weighted by atomic mass is 16.3. The van der Waals surface area contributed by atoms with E-state index in [2.05, 4.69) is 15.4 Å². The van der Waals surface area contributed by atoms with Crippen LogP contribution in [0.1, 0.15) is 29.8 Å². The molecule has 0 bridgehead atoms. The average Bonchev–Trinajstić information content (AvgIpc) is 3.37. The summed E-state index contributed by atoms with van der Waals surface area (Å²) in [6.45, 7) is 2.39. The molecule has 166 valence electrons. The third-order valence-electron chi connectivity index (χ3n) is 5.63. The number of nitrogens with one attached hydrogen (secondary N) is 1. The normalized spacial score (nSPS) is 16.0. The zero-order valence-corrected chi connectivity index (χ0v) is 17.6. The van der Waals surface area contributed by atoms with Crippen molar-refractivity contribution in [3.8, 4) is 5.69 Å². The summed E-state index contributed by atoms with van der Waals surface area (Å²) in [6.07, 6.45) is 2.04. The minimum Gasteiger partial charge on any atom is -0.380 e. The summed E-state index contributed by atoms with van der Waals surface area (Å²) in [4.78, 5) is 30.8. The average molecular weight is 435 g/mol. The number of hydrogen-bond donors (Lipinski definition) is 3. The van der Waals surface area contributed by atoms with E-state index in [9.17, 15) is 19.8 Å². The summed E-state index contributed by atoms with van der Waals surface area (Å²) >= 11 is 0. The molecule has 0 aliphatic carbocycles. The fourth-order valence-corrected chi connectivity index (χ4v) is 3.73. The van der Waals surface area contributed by atoms with Crippen LogP contribution in [-0.2, 0) is 22.6 Å². The van der Waals surface area contributed by atoms with Gasteiger partial charge in [-0.15, -0.1) is 0 Å². The fourth-order valence-electron chi connectivity index (χ4n) is 3.73. The molecule has 32 heavy (non-hydrogen) atoms. The van der Waals surface area contributed by atoms with E-state index < -0.39 is 30.1 Å². The van der Waals surface area contributed by atoms with Crippen molar-refractivity contribution in [3.63, 3.8) is 0 Å². The maximum absolute atomic E-state index is 12.7. The Morgan fingerprint density at radius 3 is 2.56 bits per heavy atom. The molecule has 3 heterocycles. The van der Waals surface area contributed by atoms with Gasteiger partial charge < -0.3 is 20.4 Å². The van der Waals surface area contributed by atoms with Crippen molar-refractivity contribution in [2.45, 2.75) is 38.1 Å². The van der Waals surface area contributed by atoms with Crippen LogP contribution in [0.15, 0.2) is 61.1 Å². The van der Waals surface area contributed by atoms with Gasteiger partial charge in [-0.25, -0.2) is 4.68 Å². The van der Waals surface area contributed by atoms with Crippen LogP contribution in [-0.4, -0.2) is 60.4 Å². The van der Waals surface area contributed by atoms with Crippen LogP contribution in [0.25, 0.3) is 5.69 Å². The lowest BCUT2D eigenvalue weighted by atomic mass is 10.0. The predicted molar refractivity (Wildman–Crippen MR) is 115 cm³/mol. The lowest BCUT2D eigenvalue weighted by Gasteiger charge is -2.30. The zero-order valence-electron chi connectivity index (χ0n) is 17.6. The highest BCUT2D eigenvalue weighted by molar-refractivity contribution is 5.91. The number of nitrogens with zero attached hydrogens (tertiary/aromatic N) is 4. The van der Waals surface area contributed by atoms with Gasteiger partial charge in [0.1, 0.15) is 0 Å². The van der Waals surface area contributed by atoms with Gasteiger partial charge in [0.2, 0.25) is 0 Å². The summed E-state index contributed by atoms with van der Waals surface area (Å²) in [7, 11) is 0. The molecule has 0 unspecified atom stereocenters. The van der Waals surface area contributed by atoms with Crippen molar-refractivity contribution in [2.75, 3.05) is 6.54 Å². The molecule has 9 heteroatoms. The first-order valence-electron chi connectivity index (χ1n) is 10.4. The van der Waals surface area contributed by atoms with Gasteiger partial charge in [-0.05, 0) is 48.7 Å². The smallest absolute Gasteiger partial charge is 0.255 e. The largest absolute Gasteiger partial charge is 0.380 e. The van der Waals surface area contributed by atoms with E-state index >= 15 is 0 Å². The Hall–Kier alpha value is -3.56. The van der Waals surface area contributed by atoms with Crippen LogP contribution in [0.4, 0.5) is 0 Å². The maximum atomic E-state index is 12.7. The second-order valence-corrected chi connectivity index (χ2v) is 7.78. The van der Waals surface area contributed by atoms with Crippen LogP contribution in [0.3, 0.4) is 0 Å². The molecule has 1 aromatic carbocycles. The Labute approximate surface area is 185 Å². The molecule has 2 aromatic heterocycles. The number of pyridine rings is 1. The monoisotopic (exact) mass is 435 g/mol. The van der Waals surface area contributed by atoms with Crippen LogP contribution in [0, 0.1) is 0 Å². The lowest BCUT2D eigenvalue weighted by Crippen LogP contribution is -2.52. The van der Waals surface area contributed by atoms with Gasteiger partial charge in [0.15, 0.2) is 12.2 Å². The molecule has 4 rings (SSSR count). The number of aliphatic hydroxyl groups is 2. The number of benzene rings is 1. The third kappa shape index (κ3) is 4.53. The van der Waals surface area contributed by atoms with Gasteiger partial charge in [0.05, 0.1) is 24.0 Å². The van der Waals surface area contributed by atoms with Crippen molar-refractivity contribution in [1.29, 1.82) is 0 Å². The molecule has 0 saturated heterocycles. The summed E-state index contributed by atoms with van der Waals surface area (Å²) in [5.41, 5.74) is 3.49. The minimum atomic E-state index is -1.88. The van der Waals surface area contributed by atoms with Crippen molar-refractivity contribution < 1.29 is 19.8 Å². The predicted octanol–water partition coefficient (Wildman–Crippen LogP) is 0.751. The zero-order chi connectivity index (χ0) is 22.7. The van der Waals surface area contributed by atoms with Gasteiger partial charge in [0.25, 0.3) is 11.8 Å². The Balaban J connectivity index is 1.35. The second-order valence-electron chi connectivity index (χ2n) is 7.78. The van der Waals surface area contributed by atoms with E-state index in [-0.39, 0.29) is 6.54 Å². The van der Waals surface area contributed by atoms with Gasteiger partial charge in [-0.1, -0.05) is 18.2 Å². The van der Waals surface area contributed by atoms with E-state index in [1.807, 2.05) is 48.7 Å². The maximum Gasteiger partial charge on any atom is 0.255 e. The summed E-state index contributed by atoms with van der Waals surface area (Å²) in [5.74, 6) is -1.51. The number of aromatic nitrogens is 3. The summed E-state index contributed by atoms with van der Waals surface area (Å²) in [6, 6.07) is 12.6. The van der Waals surface area contributed by atoms with Crippen LogP contribution in [0.5, 0.6) is 0 Å². The summed E-state index contributed by atoms with van der Waals surface area (Å²) < 4.78 is 1.72. The van der Waals surface area contributed by atoms with Gasteiger partial charge in [-0.2, -0.15) is 5.10 Å². The highest BCUT2D eigenvalue weighted by Gasteiger charge is 2.35. The van der Waals surface area contributed by atoms with E-state index in [0.29, 0.717) is 13.0 Å². The van der Waals surface area contributed by atoms with Gasteiger partial charge >= 0.3 is 0 Å². The van der Waals surface area contributed by atoms with Crippen LogP contribution in [0.2, 0.25) is 0 Å². The number of fused-ring (bicyclic) bond motifs is 1. The van der Waals surface area contributed by atoms with E-state index in [1.54, 1.807) is 24.0 Å². The first-order valence-corrected chi connectivity index (χ1v) is 10.4. The quantitative estimate of drug-likeness (QED) is 0.526. The SMILES string of the molecule is C[C@@H](NC(=O)[C@H](O)[C@@H](O)C(=O)N1CCc2cccnc2C1)c1ccc(-n2cccn2)cc1. The van der Waals surface area contributed by atoms with Crippen LogP contribution >= 0.6 is 0 Å². The Bertz CT molecular complexity index is 1080. The molecule has 1 aliphatic heterocycles. The number of aliphatic hydroxyl groups excluding tert-OH is 2. The topological polar surface area (TPSA) is 121 Å². The number of hydrogen-bond acceptors (Lipinski definition) is 6. The molecule has 0 radical (unpaired) electrons. The van der Waals surface area contributed by atoms with Crippen LogP contribution < -0.4 is 5.32 Å². The van der Waals surface area contributed by atoms with Gasteiger partial charge in [0, 0.05) is 25.1 Å². The van der Waals surface area contributed by atoms with E-state index in [0.717, 1.165) is 22.5 Å². The second kappa shape index (κ2) is 9.29. The number of carbonyl (C=O) groups is 2. The molecule has 9 nitrogen and oxygen atoms in total. The van der Waals surface area contributed by atoms with E-state index in [1.165, 1.54) is 4.90 Å². The van der Waals surface area contributed by atoms with Crippen molar-refractivity contribution in [2.24, 2.45) is 0 Å². The molecule has 3 aromatic rings. The molecule has 3 atom stereocenters. The Kier molecular flexibility index (Phi) is 6.29. The minimum absolute atomic E-state index is 0.236. The molecule has 1 aliphatic rings. The summed E-state index contributed by atoms with van der Waals surface area (Å²) in [5, 5.41) is 27.5. The molecule has 0 saturated carbocycles. The molecular weight excluding hydrogens is 410 g/mol. The van der Waals surface area contributed by atoms with Crippen molar-refractivity contribution in [1.82, 2.24) is 25.0 Å². The molecule has 0 fully saturated rings. The van der Waals surface area contributed by atoms with E-state index in [4.69, 9.17) is 0 Å². The Morgan fingerprint density at radius 1 is 1.06 bits per heavy atom. The molecule has 0 spiro atoms. The first kappa shape index (κ1) is 21.7. The van der Waals surface area contributed by atoms with Gasteiger partial charge in [-0.3, -0.25) is 14.6 Å². The number of carbonyl (C=O) groups excluding carboxylic acids is 2. The Morgan fingerprint density at radius 2 is 1.84 bits per heavy atom. The molecular formula is C23H25N5O4. The molecule has 2 amide bonds. The molecule has 3 N–H and O–H groups in total. The highest BCUT2D eigenvalue weighted by Crippen LogP contribution is 2.19. The first-order chi connectivity index (χ1) is 15.4. The number of amides is 2. The fraction of sp³-hybridized carbons (Fsp3) is 0.304. The third-order valence-corrected chi connectivity index (χ3v) is 5.63. The number of rotatable bonds is 6. The lowest BCUT2D eigenvalue weighted by molar-refractivity contribution is -0.154.